The van der Waals surface area contributed by atoms with Crippen molar-refractivity contribution >= 4 is 29.0 Å². The van der Waals surface area contributed by atoms with E-state index in [2.05, 4.69) is 20.3 Å². The van der Waals surface area contributed by atoms with Gasteiger partial charge in [0.1, 0.15) is 18.2 Å². The van der Waals surface area contributed by atoms with Crippen LogP contribution < -0.4 is 5.32 Å². The number of rotatable bonds is 4. The van der Waals surface area contributed by atoms with Crippen LogP contribution in [0.3, 0.4) is 0 Å². The number of amides is 2. The highest BCUT2D eigenvalue weighted by Gasteiger charge is 2.60. The highest BCUT2D eigenvalue weighted by Crippen LogP contribution is 2.46. The zero-order chi connectivity index (χ0) is 22.5. The molecule has 3 aromatic rings. The van der Waals surface area contributed by atoms with Crippen molar-refractivity contribution in [3.63, 3.8) is 0 Å². The van der Waals surface area contributed by atoms with Crippen molar-refractivity contribution in [2.75, 3.05) is 25.0 Å². The van der Waals surface area contributed by atoms with Gasteiger partial charge in [-0.15, -0.1) is 0 Å². The van der Waals surface area contributed by atoms with Gasteiger partial charge in [-0.2, -0.15) is 0 Å². The molecule has 12 nitrogen and oxygen atoms in total. The fourth-order valence-corrected chi connectivity index (χ4v) is 4.40. The normalized spacial score (nSPS) is 26.9. The van der Waals surface area contributed by atoms with E-state index in [0.717, 1.165) is 4.90 Å². The maximum absolute atomic E-state index is 12.5. The van der Waals surface area contributed by atoms with Gasteiger partial charge in [-0.3, -0.25) is 9.36 Å². The van der Waals surface area contributed by atoms with Crippen LogP contribution in [0.15, 0.2) is 43.0 Å². The minimum Gasteiger partial charge on any atom is -0.465 e. The van der Waals surface area contributed by atoms with Crippen LogP contribution in [0.4, 0.5) is 10.6 Å². The van der Waals surface area contributed by atoms with E-state index in [0.29, 0.717) is 16.7 Å². The lowest BCUT2D eigenvalue weighted by Crippen LogP contribution is -2.60. The predicted octanol–water partition coefficient (Wildman–Crippen LogP) is 0.309. The highest BCUT2D eigenvalue weighted by molar-refractivity contribution is 6.06. The van der Waals surface area contributed by atoms with E-state index in [9.17, 15) is 24.9 Å². The zero-order valence-electron chi connectivity index (χ0n) is 16.7. The number of hydrogen-bond acceptors (Lipinski definition) is 8. The maximum atomic E-state index is 12.5. The smallest absolute Gasteiger partial charge is 0.407 e. The van der Waals surface area contributed by atoms with Crippen LogP contribution in [0.1, 0.15) is 16.6 Å². The Hall–Kier alpha value is -3.61. The van der Waals surface area contributed by atoms with Gasteiger partial charge in [0.25, 0.3) is 5.91 Å². The van der Waals surface area contributed by atoms with Crippen molar-refractivity contribution in [2.24, 2.45) is 5.92 Å². The first-order valence-electron chi connectivity index (χ1n) is 9.92. The Morgan fingerprint density at radius 1 is 1.22 bits per heavy atom. The molecule has 2 aromatic heterocycles. The fourth-order valence-electron chi connectivity index (χ4n) is 4.40. The van der Waals surface area contributed by atoms with E-state index in [1.165, 1.54) is 12.7 Å². The summed E-state index contributed by atoms with van der Waals surface area (Å²) in [4.78, 5) is 37.9. The number of carbonyl (C=O) groups is 2. The zero-order valence-corrected chi connectivity index (χ0v) is 16.7. The number of piperidine rings is 1. The van der Waals surface area contributed by atoms with Crippen molar-refractivity contribution in [3.05, 3.63) is 48.5 Å². The van der Waals surface area contributed by atoms with Gasteiger partial charge in [0, 0.05) is 12.1 Å². The first kappa shape index (κ1) is 20.3. The van der Waals surface area contributed by atoms with Crippen molar-refractivity contribution in [1.82, 2.24) is 24.4 Å². The van der Waals surface area contributed by atoms with Crippen molar-refractivity contribution in [1.29, 1.82) is 0 Å². The third-order valence-corrected chi connectivity index (χ3v) is 6.00. The molecule has 4 heterocycles. The molecule has 2 amide bonds. The summed E-state index contributed by atoms with van der Waals surface area (Å²) in [5.41, 5.74) is -0.346. The molecule has 2 aliphatic heterocycles. The second-order valence-electron chi connectivity index (χ2n) is 7.87. The van der Waals surface area contributed by atoms with Crippen LogP contribution >= 0.6 is 0 Å². The molecule has 4 atom stereocenters. The summed E-state index contributed by atoms with van der Waals surface area (Å²) in [6, 6.07) is 8.64. The summed E-state index contributed by atoms with van der Waals surface area (Å²) in [6.07, 6.45) is -0.355. The summed E-state index contributed by atoms with van der Waals surface area (Å²) in [5.74, 6) is -0.810. The Bertz CT molecular complexity index is 1190. The van der Waals surface area contributed by atoms with Crippen molar-refractivity contribution < 1.29 is 29.6 Å². The monoisotopic (exact) mass is 440 g/mol. The number of imidazole rings is 1. The number of nitrogens with zero attached hydrogens (tertiary/aromatic N) is 5. The van der Waals surface area contributed by atoms with Gasteiger partial charge >= 0.3 is 6.09 Å². The molecule has 0 spiro atoms. The van der Waals surface area contributed by atoms with E-state index in [4.69, 9.17) is 4.74 Å². The van der Waals surface area contributed by atoms with Gasteiger partial charge < -0.3 is 30.3 Å². The van der Waals surface area contributed by atoms with Gasteiger partial charge in [0.05, 0.1) is 31.5 Å². The number of nitrogens with one attached hydrogen (secondary N) is 1. The average Bonchev–Trinajstić information content (AvgIpc) is 3.28. The number of likely N-dealkylation sites (tertiary alicyclic amines) is 1. The largest absolute Gasteiger partial charge is 0.465 e. The Kier molecular flexibility index (Phi) is 4.77. The van der Waals surface area contributed by atoms with Crippen molar-refractivity contribution in [2.45, 2.75) is 17.9 Å². The Labute approximate surface area is 181 Å². The van der Waals surface area contributed by atoms with Crippen LogP contribution in [-0.4, -0.2) is 83.1 Å². The van der Waals surface area contributed by atoms with Crippen LogP contribution in [0.5, 0.6) is 0 Å². The first-order valence-corrected chi connectivity index (χ1v) is 9.92. The number of aromatic nitrogens is 4. The summed E-state index contributed by atoms with van der Waals surface area (Å²) >= 11 is 0. The SMILES string of the molecule is O=C(Nc1ncnc2c1ncn2[C@@H]1O[C@@]2(CO)CN(C(=O)O)C[C@@H]1[C@@H]2O)c1ccccc1. The Balaban J connectivity index is 1.49. The lowest BCUT2D eigenvalue weighted by Gasteiger charge is -2.39. The Morgan fingerprint density at radius 3 is 2.72 bits per heavy atom. The van der Waals surface area contributed by atoms with Gasteiger partial charge in [0.15, 0.2) is 17.0 Å². The molecule has 0 saturated carbocycles. The molecule has 2 bridgehead atoms. The lowest BCUT2D eigenvalue weighted by atomic mass is 9.85. The maximum Gasteiger partial charge on any atom is 0.407 e. The van der Waals surface area contributed by atoms with Crippen LogP contribution in [0, 0.1) is 5.92 Å². The van der Waals surface area contributed by atoms with E-state index >= 15 is 0 Å². The highest BCUT2D eigenvalue weighted by atomic mass is 16.6. The van der Waals surface area contributed by atoms with Gasteiger partial charge in [0.2, 0.25) is 0 Å². The standard InChI is InChI=1S/C20H20N6O6/c27-8-20-7-25(19(30)31)6-12(14(20)28)18(32-20)26-10-23-13-15(21-9-22-16(13)26)24-17(29)11-4-2-1-3-5-11/h1-5,9-10,12,14,18,27-28H,6-8H2,(H,30,31)(H,21,22,24,29)/t12-,14+,18-,20-/m1/s1. The first-order chi connectivity index (χ1) is 15.4. The van der Waals surface area contributed by atoms with E-state index < -0.39 is 36.6 Å². The summed E-state index contributed by atoms with van der Waals surface area (Å²) in [5, 5.41) is 32.8. The number of hydrogen-bond donors (Lipinski definition) is 4. The minimum absolute atomic E-state index is 0.0191. The molecule has 32 heavy (non-hydrogen) atoms. The van der Waals surface area contributed by atoms with E-state index in [1.54, 1.807) is 34.9 Å². The number of benzene rings is 1. The molecule has 4 N–H and O–H groups in total. The number of aliphatic hydroxyl groups is 2. The number of carboxylic acid groups (broad SMARTS) is 1. The number of fused-ring (bicyclic) bond motifs is 3. The topological polar surface area (TPSA) is 163 Å². The lowest BCUT2D eigenvalue weighted by molar-refractivity contribution is -0.135. The van der Waals surface area contributed by atoms with Gasteiger partial charge in [-0.1, -0.05) is 18.2 Å². The molecular formula is C20H20N6O6. The van der Waals surface area contributed by atoms with Crippen LogP contribution in [-0.2, 0) is 4.74 Å². The van der Waals surface area contributed by atoms with Crippen LogP contribution in [0.25, 0.3) is 11.2 Å². The quantitative estimate of drug-likeness (QED) is 0.447. The van der Waals surface area contributed by atoms with Crippen LogP contribution in [0.2, 0.25) is 0 Å². The Morgan fingerprint density at radius 2 is 2.00 bits per heavy atom. The third kappa shape index (κ3) is 3.07. The molecule has 12 heteroatoms. The molecule has 5 rings (SSSR count). The summed E-state index contributed by atoms with van der Waals surface area (Å²) in [7, 11) is 0. The predicted molar refractivity (Wildman–Crippen MR) is 109 cm³/mol. The summed E-state index contributed by atoms with van der Waals surface area (Å²) in [6.45, 7) is -0.691. The number of anilines is 1. The molecule has 0 radical (unpaired) electrons. The number of ether oxygens (including phenoxy) is 1. The summed E-state index contributed by atoms with van der Waals surface area (Å²) < 4.78 is 7.59. The second-order valence-corrected chi connectivity index (χ2v) is 7.87. The second kappa shape index (κ2) is 7.51. The fraction of sp³-hybridized carbons (Fsp3) is 0.350. The van der Waals surface area contributed by atoms with Crippen molar-refractivity contribution in [3.8, 4) is 0 Å². The molecular weight excluding hydrogens is 420 g/mol. The molecule has 2 fully saturated rings. The minimum atomic E-state index is -1.44. The number of aliphatic hydroxyl groups excluding tert-OH is 2. The molecule has 166 valence electrons. The molecule has 2 aliphatic rings. The van der Waals surface area contributed by atoms with E-state index in [-0.39, 0.29) is 24.8 Å². The van der Waals surface area contributed by atoms with E-state index in [1.807, 2.05) is 0 Å². The number of carbonyl (C=O) groups excluding carboxylic acids is 1. The van der Waals surface area contributed by atoms with Gasteiger partial charge in [-0.25, -0.2) is 19.7 Å². The molecule has 1 aromatic carbocycles. The third-order valence-electron chi connectivity index (χ3n) is 6.00. The molecule has 0 unspecified atom stereocenters. The molecule has 2 saturated heterocycles. The average molecular weight is 440 g/mol. The molecule has 0 aliphatic carbocycles. The van der Waals surface area contributed by atoms with Gasteiger partial charge in [-0.05, 0) is 12.1 Å².